The van der Waals surface area contributed by atoms with Crippen molar-refractivity contribution in [2.75, 3.05) is 18.5 Å². The zero-order valence-corrected chi connectivity index (χ0v) is 13.3. The van der Waals surface area contributed by atoms with E-state index in [4.69, 9.17) is 4.74 Å². The molecule has 4 nitrogen and oxygen atoms in total. The summed E-state index contributed by atoms with van der Waals surface area (Å²) in [6.07, 6.45) is 5.68. The highest BCUT2D eigenvalue weighted by molar-refractivity contribution is 9.10. The van der Waals surface area contributed by atoms with Crippen molar-refractivity contribution in [3.8, 4) is 0 Å². The third-order valence-corrected chi connectivity index (χ3v) is 4.13. The molecule has 1 N–H and O–H groups in total. The Morgan fingerprint density at radius 3 is 2.67 bits per heavy atom. The molecule has 1 aromatic heterocycles. The lowest BCUT2D eigenvalue weighted by Gasteiger charge is -2.21. The van der Waals surface area contributed by atoms with Crippen LogP contribution in [0.2, 0.25) is 0 Å². The first-order chi connectivity index (χ1) is 10.3. The molecule has 3 rings (SSSR count). The third-order valence-electron chi connectivity index (χ3n) is 3.72. The minimum absolute atomic E-state index is 0.207. The molecule has 5 heteroatoms. The van der Waals surface area contributed by atoms with Crippen molar-refractivity contribution in [3.63, 3.8) is 0 Å². The number of nitrogens with zero attached hydrogens (tertiary/aromatic N) is 2. The van der Waals surface area contributed by atoms with Crippen LogP contribution >= 0.6 is 15.9 Å². The summed E-state index contributed by atoms with van der Waals surface area (Å²) >= 11 is 3.36. The van der Waals surface area contributed by atoms with Crippen LogP contribution in [0.25, 0.3) is 0 Å². The molecule has 21 heavy (non-hydrogen) atoms. The van der Waals surface area contributed by atoms with Crippen molar-refractivity contribution in [1.82, 2.24) is 9.97 Å². The number of anilines is 1. The molecule has 1 saturated heterocycles. The summed E-state index contributed by atoms with van der Waals surface area (Å²) in [5, 5.41) is 3.45. The van der Waals surface area contributed by atoms with Gasteiger partial charge < -0.3 is 10.1 Å². The number of rotatable bonds is 5. The van der Waals surface area contributed by atoms with Crippen LogP contribution in [0, 0.1) is 5.92 Å². The summed E-state index contributed by atoms with van der Waals surface area (Å²) in [5.74, 6) is 1.25. The normalized spacial score (nSPS) is 19.4. The van der Waals surface area contributed by atoms with Gasteiger partial charge in [-0.1, -0.05) is 30.3 Å². The zero-order valence-electron chi connectivity index (χ0n) is 11.7. The van der Waals surface area contributed by atoms with E-state index in [2.05, 4.69) is 55.5 Å². The van der Waals surface area contributed by atoms with Gasteiger partial charge in [0.25, 0.3) is 0 Å². The Kier molecular flexibility index (Phi) is 4.83. The standard InChI is InChI=1S/C16H18BrN3O/c17-14-9-18-16(19-10-14)20-15(8-12-6-7-21-11-12)13-4-2-1-3-5-13/h1-5,9-10,12,15H,6-8,11H2,(H,18,19,20). The average molecular weight is 348 g/mol. The number of hydrogen-bond acceptors (Lipinski definition) is 4. The van der Waals surface area contributed by atoms with E-state index in [1.807, 2.05) is 6.07 Å². The topological polar surface area (TPSA) is 47.0 Å². The van der Waals surface area contributed by atoms with Gasteiger partial charge in [0.15, 0.2) is 0 Å². The van der Waals surface area contributed by atoms with E-state index in [0.29, 0.717) is 11.9 Å². The Morgan fingerprint density at radius 2 is 2.00 bits per heavy atom. The van der Waals surface area contributed by atoms with E-state index < -0.39 is 0 Å². The number of benzene rings is 1. The Labute approximate surface area is 133 Å². The number of nitrogens with one attached hydrogen (secondary N) is 1. The molecular formula is C16H18BrN3O. The zero-order chi connectivity index (χ0) is 14.5. The lowest BCUT2D eigenvalue weighted by atomic mass is 9.94. The third kappa shape index (κ3) is 4.02. The van der Waals surface area contributed by atoms with Gasteiger partial charge in [0.1, 0.15) is 0 Å². The minimum atomic E-state index is 0.207. The minimum Gasteiger partial charge on any atom is -0.381 e. The van der Waals surface area contributed by atoms with Crippen molar-refractivity contribution < 1.29 is 4.74 Å². The van der Waals surface area contributed by atoms with Crippen LogP contribution in [0.5, 0.6) is 0 Å². The first-order valence-corrected chi connectivity index (χ1v) is 7.97. The van der Waals surface area contributed by atoms with Crippen molar-refractivity contribution >= 4 is 21.9 Å². The maximum Gasteiger partial charge on any atom is 0.223 e. The molecule has 1 aliphatic heterocycles. The summed E-state index contributed by atoms with van der Waals surface area (Å²) in [5.41, 5.74) is 1.26. The van der Waals surface area contributed by atoms with Gasteiger partial charge >= 0.3 is 0 Å². The van der Waals surface area contributed by atoms with E-state index >= 15 is 0 Å². The summed E-state index contributed by atoms with van der Waals surface area (Å²) in [4.78, 5) is 8.64. The van der Waals surface area contributed by atoms with Crippen molar-refractivity contribution in [3.05, 3.63) is 52.8 Å². The SMILES string of the molecule is Brc1cnc(NC(CC2CCOC2)c2ccccc2)nc1. The molecule has 2 aromatic rings. The fraction of sp³-hybridized carbons (Fsp3) is 0.375. The lowest BCUT2D eigenvalue weighted by Crippen LogP contribution is -2.17. The second kappa shape index (κ2) is 7.00. The van der Waals surface area contributed by atoms with Gasteiger partial charge in [0.05, 0.1) is 10.5 Å². The predicted molar refractivity (Wildman–Crippen MR) is 86.1 cm³/mol. The molecular weight excluding hydrogens is 330 g/mol. The Morgan fingerprint density at radius 1 is 1.24 bits per heavy atom. The number of ether oxygens (including phenoxy) is 1. The summed E-state index contributed by atoms with van der Waals surface area (Å²) in [6.45, 7) is 1.73. The molecule has 1 fully saturated rings. The first kappa shape index (κ1) is 14.5. The van der Waals surface area contributed by atoms with Crippen molar-refractivity contribution in [2.24, 2.45) is 5.92 Å². The molecule has 2 heterocycles. The molecule has 2 unspecified atom stereocenters. The van der Waals surface area contributed by atoms with E-state index in [1.54, 1.807) is 12.4 Å². The highest BCUT2D eigenvalue weighted by Crippen LogP contribution is 2.28. The van der Waals surface area contributed by atoms with Gasteiger partial charge in [-0.15, -0.1) is 0 Å². The van der Waals surface area contributed by atoms with Crippen LogP contribution in [0.15, 0.2) is 47.2 Å². The lowest BCUT2D eigenvalue weighted by molar-refractivity contribution is 0.183. The molecule has 1 aromatic carbocycles. The molecule has 0 aliphatic carbocycles. The Hall–Kier alpha value is -1.46. The summed E-state index contributed by atoms with van der Waals surface area (Å²) < 4.78 is 6.38. The molecule has 0 radical (unpaired) electrons. The molecule has 0 bridgehead atoms. The fourth-order valence-corrected chi connectivity index (χ4v) is 2.81. The summed E-state index contributed by atoms with van der Waals surface area (Å²) in [6, 6.07) is 10.7. The van der Waals surface area contributed by atoms with Gasteiger partial charge in [-0.2, -0.15) is 0 Å². The van der Waals surface area contributed by atoms with Gasteiger partial charge in [0.2, 0.25) is 5.95 Å². The molecule has 0 saturated carbocycles. The first-order valence-electron chi connectivity index (χ1n) is 7.18. The van der Waals surface area contributed by atoms with E-state index in [-0.39, 0.29) is 6.04 Å². The van der Waals surface area contributed by atoms with Gasteiger partial charge in [-0.25, -0.2) is 9.97 Å². The number of aromatic nitrogens is 2. The maximum atomic E-state index is 5.49. The molecule has 2 atom stereocenters. The van der Waals surface area contributed by atoms with Crippen LogP contribution in [0.4, 0.5) is 5.95 Å². The highest BCUT2D eigenvalue weighted by Gasteiger charge is 2.22. The predicted octanol–water partition coefficient (Wildman–Crippen LogP) is 3.82. The molecule has 0 spiro atoms. The highest BCUT2D eigenvalue weighted by atomic mass is 79.9. The van der Waals surface area contributed by atoms with E-state index in [9.17, 15) is 0 Å². The quantitative estimate of drug-likeness (QED) is 0.892. The maximum absolute atomic E-state index is 5.49. The Bertz CT molecular complexity index is 555. The van der Waals surface area contributed by atoms with Crippen molar-refractivity contribution in [1.29, 1.82) is 0 Å². The molecule has 1 aliphatic rings. The Balaban J connectivity index is 1.76. The van der Waals surface area contributed by atoms with Crippen LogP contribution in [0.3, 0.4) is 0 Å². The smallest absolute Gasteiger partial charge is 0.223 e. The largest absolute Gasteiger partial charge is 0.381 e. The fourth-order valence-electron chi connectivity index (χ4n) is 2.61. The number of halogens is 1. The van der Waals surface area contributed by atoms with E-state index in [1.165, 1.54) is 5.56 Å². The van der Waals surface area contributed by atoms with Gasteiger partial charge in [0, 0.05) is 25.6 Å². The van der Waals surface area contributed by atoms with Crippen LogP contribution in [-0.4, -0.2) is 23.2 Å². The molecule has 110 valence electrons. The second-order valence-corrected chi connectivity index (χ2v) is 6.21. The van der Waals surface area contributed by atoms with Crippen LogP contribution in [-0.2, 0) is 4.74 Å². The van der Waals surface area contributed by atoms with Gasteiger partial charge in [-0.3, -0.25) is 0 Å². The van der Waals surface area contributed by atoms with Crippen LogP contribution < -0.4 is 5.32 Å². The monoisotopic (exact) mass is 347 g/mol. The van der Waals surface area contributed by atoms with Crippen LogP contribution in [0.1, 0.15) is 24.4 Å². The summed E-state index contributed by atoms with van der Waals surface area (Å²) in [7, 11) is 0. The van der Waals surface area contributed by atoms with Crippen molar-refractivity contribution in [2.45, 2.75) is 18.9 Å². The average Bonchev–Trinajstić information content (AvgIpc) is 3.03. The van der Waals surface area contributed by atoms with Gasteiger partial charge in [-0.05, 0) is 40.3 Å². The number of hydrogen-bond donors (Lipinski definition) is 1. The van der Waals surface area contributed by atoms with E-state index in [0.717, 1.165) is 30.5 Å². The molecule has 0 amide bonds. The second-order valence-electron chi connectivity index (χ2n) is 5.30.